The minimum absolute atomic E-state index is 0.201. The van der Waals surface area contributed by atoms with E-state index in [0.717, 1.165) is 25.8 Å². The molecule has 0 saturated carbocycles. The van der Waals surface area contributed by atoms with Crippen molar-refractivity contribution in [2.75, 3.05) is 6.54 Å². The lowest BCUT2D eigenvalue weighted by Crippen LogP contribution is -2.47. The Morgan fingerprint density at radius 3 is 2.57 bits per heavy atom. The normalized spacial score (nSPS) is 21.0. The maximum absolute atomic E-state index is 12.2. The molecule has 120 valence electrons. The largest absolute Gasteiger partial charge is 0.444 e. The number of nitrogens with zero attached hydrogens (tertiary/aromatic N) is 1. The number of terminal acetylenes is 1. The molecule has 1 aliphatic rings. The number of hydrogen-bond acceptors (Lipinski definition) is 3. The molecule has 0 aliphatic carbocycles. The highest BCUT2D eigenvalue weighted by molar-refractivity contribution is 5.68. The molecule has 1 N–H and O–H groups in total. The lowest BCUT2D eigenvalue weighted by molar-refractivity contribution is 0.0213. The molecule has 0 aromatic heterocycles. The van der Waals surface area contributed by atoms with Gasteiger partial charge in [-0.05, 0) is 60.8 Å². The van der Waals surface area contributed by atoms with E-state index in [1.54, 1.807) is 0 Å². The van der Waals surface area contributed by atoms with E-state index in [2.05, 4.69) is 18.2 Å². The first-order valence-corrected chi connectivity index (χ1v) is 7.79. The summed E-state index contributed by atoms with van der Waals surface area (Å²) in [6.45, 7) is 12.6. The molecule has 0 spiro atoms. The van der Waals surface area contributed by atoms with Gasteiger partial charge in [-0.25, -0.2) is 4.79 Å². The number of likely N-dealkylation sites (tertiary alicyclic amines) is 1. The molecule has 1 fully saturated rings. The Morgan fingerprint density at radius 2 is 2.05 bits per heavy atom. The third kappa shape index (κ3) is 5.97. The molecule has 2 atom stereocenters. The Kier molecular flexibility index (Phi) is 5.69. The van der Waals surface area contributed by atoms with Gasteiger partial charge in [0, 0.05) is 18.6 Å². The number of amides is 1. The molecule has 1 rings (SSSR count). The first kappa shape index (κ1) is 17.8. The first-order chi connectivity index (χ1) is 9.54. The summed E-state index contributed by atoms with van der Waals surface area (Å²) in [5.41, 5.74) is -0.770. The van der Waals surface area contributed by atoms with Crippen LogP contribution in [0.3, 0.4) is 0 Å². The number of hydrogen-bond donors (Lipinski definition) is 1. The Balaban J connectivity index is 2.58. The molecule has 2 unspecified atom stereocenters. The van der Waals surface area contributed by atoms with Crippen molar-refractivity contribution in [1.82, 2.24) is 10.2 Å². The van der Waals surface area contributed by atoms with Crippen LogP contribution in [0.5, 0.6) is 0 Å². The zero-order valence-electron chi connectivity index (χ0n) is 14.3. The van der Waals surface area contributed by atoms with Gasteiger partial charge in [-0.3, -0.25) is 5.32 Å². The molecule has 4 heteroatoms. The second kappa shape index (κ2) is 6.70. The summed E-state index contributed by atoms with van der Waals surface area (Å²) in [5.74, 6) is 2.75. The number of ether oxygens (including phenoxy) is 1. The molecule has 21 heavy (non-hydrogen) atoms. The number of carbonyl (C=O) groups is 1. The predicted molar refractivity (Wildman–Crippen MR) is 86.1 cm³/mol. The Labute approximate surface area is 129 Å². The van der Waals surface area contributed by atoms with E-state index in [9.17, 15) is 4.79 Å². The van der Waals surface area contributed by atoms with Crippen LogP contribution in [0.1, 0.15) is 60.8 Å². The molecule has 4 nitrogen and oxygen atoms in total. The average Bonchev–Trinajstić information content (AvgIpc) is 2.74. The van der Waals surface area contributed by atoms with E-state index in [1.807, 2.05) is 39.5 Å². The van der Waals surface area contributed by atoms with Crippen molar-refractivity contribution in [2.45, 2.75) is 84.0 Å². The fourth-order valence-corrected chi connectivity index (χ4v) is 2.77. The van der Waals surface area contributed by atoms with Crippen LogP contribution in [-0.4, -0.2) is 40.8 Å². The van der Waals surface area contributed by atoms with Gasteiger partial charge in [0.15, 0.2) is 0 Å². The smallest absolute Gasteiger partial charge is 0.410 e. The van der Waals surface area contributed by atoms with Crippen LogP contribution < -0.4 is 5.32 Å². The molecule has 0 radical (unpaired) electrons. The minimum atomic E-state index is -0.445. The monoisotopic (exact) mass is 294 g/mol. The van der Waals surface area contributed by atoms with E-state index >= 15 is 0 Å². The van der Waals surface area contributed by atoms with Crippen molar-refractivity contribution in [3.63, 3.8) is 0 Å². The van der Waals surface area contributed by atoms with Crippen LogP contribution in [0, 0.1) is 12.3 Å². The summed E-state index contributed by atoms with van der Waals surface area (Å²) >= 11 is 0. The zero-order valence-corrected chi connectivity index (χ0v) is 14.3. The fraction of sp³-hybridized carbons (Fsp3) is 0.824. The Hall–Kier alpha value is -1.21. The molecule has 1 aliphatic heterocycles. The maximum Gasteiger partial charge on any atom is 0.410 e. The van der Waals surface area contributed by atoms with Crippen molar-refractivity contribution < 1.29 is 9.53 Å². The van der Waals surface area contributed by atoms with Crippen LogP contribution in [0.2, 0.25) is 0 Å². The molecular weight excluding hydrogens is 264 g/mol. The van der Waals surface area contributed by atoms with Crippen molar-refractivity contribution in [3.8, 4) is 12.3 Å². The molecule has 1 amide bonds. The van der Waals surface area contributed by atoms with Gasteiger partial charge in [0.05, 0.1) is 5.54 Å². The third-order valence-electron chi connectivity index (χ3n) is 3.60. The lowest BCUT2D eigenvalue weighted by Gasteiger charge is -2.32. The van der Waals surface area contributed by atoms with Gasteiger partial charge in [-0.2, -0.15) is 0 Å². The van der Waals surface area contributed by atoms with E-state index in [1.165, 1.54) is 0 Å². The molecular formula is C17H30N2O2. The topological polar surface area (TPSA) is 41.6 Å². The van der Waals surface area contributed by atoms with Crippen LogP contribution in [0.4, 0.5) is 4.79 Å². The number of carbonyl (C=O) groups excluding carboxylic acids is 1. The van der Waals surface area contributed by atoms with Crippen molar-refractivity contribution in [1.29, 1.82) is 0 Å². The third-order valence-corrected chi connectivity index (χ3v) is 3.60. The van der Waals surface area contributed by atoms with Crippen molar-refractivity contribution >= 4 is 6.09 Å². The van der Waals surface area contributed by atoms with Crippen LogP contribution >= 0.6 is 0 Å². The number of rotatable bonds is 4. The van der Waals surface area contributed by atoms with Crippen molar-refractivity contribution in [2.24, 2.45) is 0 Å². The lowest BCUT2D eigenvalue weighted by atomic mass is 10.0. The molecule has 0 bridgehead atoms. The molecule has 0 aromatic carbocycles. The zero-order chi connectivity index (χ0) is 16.3. The highest BCUT2D eigenvalue weighted by Crippen LogP contribution is 2.24. The van der Waals surface area contributed by atoms with Gasteiger partial charge in [-0.1, -0.05) is 5.92 Å². The minimum Gasteiger partial charge on any atom is -0.444 e. The molecule has 1 heterocycles. The summed E-state index contributed by atoms with van der Waals surface area (Å²) in [6, 6.07) is 0.486. The molecule has 0 aromatic rings. The van der Waals surface area contributed by atoms with Gasteiger partial charge in [0.1, 0.15) is 5.60 Å². The second-order valence-electron chi connectivity index (χ2n) is 7.52. The standard InChI is InChI=1S/C17H30N2O2/c1-8-17(6,7)18-13(2)12-14-10-9-11-19(14)15(20)21-16(3,4)5/h1,13-14,18H,9-12H2,2-7H3. The summed E-state index contributed by atoms with van der Waals surface area (Å²) in [5, 5.41) is 3.43. The first-order valence-electron chi connectivity index (χ1n) is 7.79. The van der Waals surface area contributed by atoms with Gasteiger partial charge in [-0.15, -0.1) is 6.42 Å². The SMILES string of the molecule is C#CC(C)(C)NC(C)CC1CCCN1C(=O)OC(C)(C)C. The van der Waals surface area contributed by atoms with Gasteiger partial charge in [0.25, 0.3) is 0 Å². The predicted octanol–water partition coefficient (Wildman–Crippen LogP) is 3.17. The summed E-state index contributed by atoms with van der Waals surface area (Å²) in [6.07, 6.45) is 8.27. The van der Waals surface area contributed by atoms with E-state index in [0.29, 0.717) is 0 Å². The van der Waals surface area contributed by atoms with Crippen molar-refractivity contribution in [3.05, 3.63) is 0 Å². The quantitative estimate of drug-likeness (QED) is 0.810. The highest BCUT2D eigenvalue weighted by Gasteiger charge is 2.33. The highest BCUT2D eigenvalue weighted by atomic mass is 16.6. The van der Waals surface area contributed by atoms with Gasteiger partial charge >= 0.3 is 6.09 Å². The van der Waals surface area contributed by atoms with E-state index in [4.69, 9.17) is 11.2 Å². The summed E-state index contributed by atoms with van der Waals surface area (Å²) < 4.78 is 5.49. The van der Waals surface area contributed by atoms with Crippen LogP contribution in [-0.2, 0) is 4.74 Å². The Bertz CT molecular complexity index is 404. The summed E-state index contributed by atoms with van der Waals surface area (Å²) in [4.78, 5) is 14.1. The van der Waals surface area contributed by atoms with E-state index in [-0.39, 0.29) is 23.7 Å². The Morgan fingerprint density at radius 1 is 1.43 bits per heavy atom. The van der Waals surface area contributed by atoms with Gasteiger partial charge in [0.2, 0.25) is 0 Å². The fourth-order valence-electron chi connectivity index (χ4n) is 2.77. The van der Waals surface area contributed by atoms with Crippen LogP contribution in [0.25, 0.3) is 0 Å². The average molecular weight is 294 g/mol. The number of nitrogens with one attached hydrogen (secondary N) is 1. The van der Waals surface area contributed by atoms with Crippen LogP contribution in [0.15, 0.2) is 0 Å². The van der Waals surface area contributed by atoms with E-state index < -0.39 is 5.60 Å². The molecule has 1 saturated heterocycles. The summed E-state index contributed by atoms with van der Waals surface area (Å²) in [7, 11) is 0. The maximum atomic E-state index is 12.2. The van der Waals surface area contributed by atoms with Gasteiger partial charge < -0.3 is 9.64 Å². The second-order valence-corrected chi connectivity index (χ2v) is 7.52.